The van der Waals surface area contributed by atoms with Crippen LogP contribution in [0.25, 0.3) is 0 Å². The minimum Gasteiger partial charge on any atom is -0.508 e. The summed E-state index contributed by atoms with van der Waals surface area (Å²) in [6.45, 7) is 3.03. The van der Waals surface area contributed by atoms with Crippen LogP contribution in [0.2, 0.25) is 0 Å². The highest BCUT2D eigenvalue weighted by atomic mass is 16.5. The van der Waals surface area contributed by atoms with Crippen molar-refractivity contribution in [1.29, 1.82) is 0 Å². The predicted octanol–water partition coefficient (Wildman–Crippen LogP) is 2.00. The van der Waals surface area contributed by atoms with Crippen LogP contribution in [-0.4, -0.2) is 24.8 Å². The monoisotopic (exact) mass is 221 g/mol. The molecular formula is C13H19NO2. The molecule has 0 radical (unpaired) electrons. The van der Waals surface area contributed by atoms with E-state index in [0.717, 1.165) is 29.8 Å². The van der Waals surface area contributed by atoms with E-state index in [1.165, 1.54) is 12.8 Å². The Morgan fingerprint density at radius 1 is 1.50 bits per heavy atom. The Labute approximate surface area is 96.4 Å². The van der Waals surface area contributed by atoms with Crippen LogP contribution >= 0.6 is 0 Å². The van der Waals surface area contributed by atoms with Gasteiger partial charge < -0.3 is 15.2 Å². The zero-order valence-electron chi connectivity index (χ0n) is 9.92. The van der Waals surface area contributed by atoms with Gasteiger partial charge in [0, 0.05) is 6.04 Å². The topological polar surface area (TPSA) is 41.5 Å². The molecular weight excluding hydrogens is 202 g/mol. The van der Waals surface area contributed by atoms with Crippen molar-refractivity contribution < 1.29 is 9.84 Å². The van der Waals surface area contributed by atoms with Crippen LogP contribution in [0.5, 0.6) is 11.5 Å². The minimum atomic E-state index is 0.381. The van der Waals surface area contributed by atoms with Crippen molar-refractivity contribution in [3.8, 4) is 11.5 Å². The lowest BCUT2D eigenvalue weighted by atomic mass is 10.0. The Morgan fingerprint density at radius 3 is 2.94 bits per heavy atom. The molecule has 2 rings (SSSR count). The predicted molar refractivity (Wildman–Crippen MR) is 64.1 cm³/mol. The Bertz CT molecular complexity index is 370. The summed E-state index contributed by atoms with van der Waals surface area (Å²) in [5, 5.41) is 13.3. The molecule has 0 saturated carbocycles. The summed E-state index contributed by atoms with van der Waals surface area (Å²) in [5.74, 6) is 1.23. The van der Waals surface area contributed by atoms with Crippen LogP contribution in [0.15, 0.2) is 12.1 Å². The van der Waals surface area contributed by atoms with Gasteiger partial charge in [-0.3, -0.25) is 0 Å². The van der Waals surface area contributed by atoms with Crippen molar-refractivity contribution in [2.45, 2.75) is 32.2 Å². The smallest absolute Gasteiger partial charge is 0.122 e. The largest absolute Gasteiger partial charge is 0.508 e. The van der Waals surface area contributed by atoms with Gasteiger partial charge in [-0.05, 0) is 56.0 Å². The van der Waals surface area contributed by atoms with Gasteiger partial charge in [0.05, 0.1) is 7.11 Å². The standard InChI is InChI=1S/C13H19NO2/c1-9-6-12(15)10(8-13(9)16-2)7-11-4-3-5-14-11/h6,8,11,14-15H,3-5,7H2,1-2H3. The molecule has 2 N–H and O–H groups in total. The molecule has 1 aliphatic heterocycles. The maximum Gasteiger partial charge on any atom is 0.122 e. The zero-order chi connectivity index (χ0) is 11.5. The van der Waals surface area contributed by atoms with Crippen molar-refractivity contribution in [2.24, 2.45) is 0 Å². The quantitative estimate of drug-likeness (QED) is 0.820. The van der Waals surface area contributed by atoms with E-state index in [9.17, 15) is 5.11 Å². The van der Waals surface area contributed by atoms with E-state index in [2.05, 4.69) is 5.32 Å². The lowest BCUT2D eigenvalue weighted by Crippen LogP contribution is -2.23. The van der Waals surface area contributed by atoms with Gasteiger partial charge in [0.2, 0.25) is 0 Å². The molecule has 1 fully saturated rings. The van der Waals surface area contributed by atoms with Gasteiger partial charge in [0.15, 0.2) is 0 Å². The summed E-state index contributed by atoms with van der Waals surface area (Å²) < 4.78 is 5.27. The number of methoxy groups -OCH3 is 1. The first-order valence-electron chi connectivity index (χ1n) is 5.80. The third-order valence-electron chi connectivity index (χ3n) is 3.22. The first-order valence-corrected chi connectivity index (χ1v) is 5.80. The summed E-state index contributed by atoms with van der Waals surface area (Å²) in [4.78, 5) is 0. The van der Waals surface area contributed by atoms with Crippen LogP contribution in [0.3, 0.4) is 0 Å². The molecule has 1 aromatic rings. The number of aryl methyl sites for hydroxylation is 1. The molecule has 0 aliphatic carbocycles. The first-order chi connectivity index (χ1) is 7.70. The van der Waals surface area contributed by atoms with E-state index in [1.807, 2.05) is 13.0 Å². The Balaban J connectivity index is 2.18. The van der Waals surface area contributed by atoms with E-state index >= 15 is 0 Å². The van der Waals surface area contributed by atoms with E-state index in [-0.39, 0.29) is 0 Å². The summed E-state index contributed by atoms with van der Waals surface area (Å²) >= 11 is 0. The zero-order valence-corrected chi connectivity index (χ0v) is 9.92. The van der Waals surface area contributed by atoms with E-state index in [1.54, 1.807) is 13.2 Å². The molecule has 1 unspecified atom stereocenters. The molecule has 3 heteroatoms. The molecule has 1 atom stereocenters. The third-order valence-corrected chi connectivity index (χ3v) is 3.22. The molecule has 16 heavy (non-hydrogen) atoms. The molecule has 1 saturated heterocycles. The fourth-order valence-electron chi connectivity index (χ4n) is 2.29. The lowest BCUT2D eigenvalue weighted by molar-refractivity contribution is 0.406. The van der Waals surface area contributed by atoms with Crippen LogP contribution in [0, 0.1) is 6.92 Å². The maximum absolute atomic E-state index is 9.89. The minimum absolute atomic E-state index is 0.381. The highest BCUT2D eigenvalue weighted by molar-refractivity contribution is 5.45. The van der Waals surface area contributed by atoms with E-state index < -0.39 is 0 Å². The molecule has 0 aromatic heterocycles. The Kier molecular flexibility index (Phi) is 3.34. The van der Waals surface area contributed by atoms with Gasteiger partial charge in [-0.2, -0.15) is 0 Å². The first kappa shape index (κ1) is 11.3. The summed E-state index contributed by atoms with van der Waals surface area (Å²) in [7, 11) is 1.66. The molecule has 1 heterocycles. The van der Waals surface area contributed by atoms with Gasteiger partial charge in [0.1, 0.15) is 11.5 Å². The van der Waals surface area contributed by atoms with Crippen molar-refractivity contribution in [2.75, 3.05) is 13.7 Å². The highest BCUT2D eigenvalue weighted by Crippen LogP contribution is 2.29. The number of hydrogen-bond acceptors (Lipinski definition) is 3. The number of benzene rings is 1. The number of nitrogens with one attached hydrogen (secondary N) is 1. The van der Waals surface area contributed by atoms with Crippen LogP contribution in [-0.2, 0) is 6.42 Å². The average Bonchev–Trinajstić information content (AvgIpc) is 2.75. The number of aromatic hydroxyl groups is 1. The highest BCUT2D eigenvalue weighted by Gasteiger charge is 2.17. The van der Waals surface area contributed by atoms with E-state index in [0.29, 0.717) is 11.8 Å². The number of ether oxygens (including phenoxy) is 1. The van der Waals surface area contributed by atoms with Crippen molar-refractivity contribution in [3.63, 3.8) is 0 Å². The normalized spacial score (nSPS) is 20.0. The van der Waals surface area contributed by atoms with Crippen LogP contribution in [0.1, 0.15) is 24.0 Å². The SMILES string of the molecule is COc1cc(CC2CCCN2)c(O)cc1C. The number of rotatable bonds is 3. The Hall–Kier alpha value is -1.22. The van der Waals surface area contributed by atoms with Gasteiger partial charge in [0.25, 0.3) is 0 Å². The second-order valence-electron chi connectivity index (χ2n) is 4.45. The molecule has 1 aliphatic rings. The molecule has 0 bridgehead atoms. The molecule has 3 nitrogen and oxygen atoms in total. The van der Waals surface area contributed by atoms with Gasteiger partial charge in [-0.15, -0.1) is 0 Å². The summed E-state index contributed by atoms with van der Waals surface area (Å²) in [6, 6.07) is 4.23. The van der Waals surface area contributed by atoms with Crippen LogP contribution < -0.4 is 10.1 Å². The third kappa shape index (κ3) is 2.30. The molecule has 0 spiro atoms. The number of hydrogen-bond donors (Lipinski definition) is 2. The number of phenols is 1. The van der Waals surface area contributed by atoms with E-state index in [4.69, 9.17) is 4.74 Å². The average molecular weight is 221 g/mol. The lowest BCUT2D eigenvalue weighted by Gasteiger charge is -2.14. The van der Waals surface area contributed by atoms with Gasteiger partial charge in [-0.25, -0.2) is 0 Å². The van der Waals surface area contributed by atoms with Gasteiger partial charge >= 0.3 is 0 Å². The molecule has 0 amide bonds. The molecule has 88 valence electrons. The summed E-state index contributed by atoms with van der Waals surface area (Å²) in [5.41, 5.74) is 1.95. The Morgan fingerprint density at radius 2 is 2.31 bits per heavy atom. The second kappa shape index (κ2) is 4.74. The van der Waals surface area contributed by atoms with Crippen LogP contribution in [0.4, 0.5) is 0 Å². The van der Waals surface area contributed by atoms with Crippen molar-refractivity contribution in [1.82, 2.24) is 5.32 Å². The maximum atomic E-state index is 9.89. The fourth-order valence-corrected chi connectivity index (χ4v) is 2.29. The molecule has 1 aromatic carbocycles. The second-order valence-corrected chi connectivity index (χ2v) is 4.45. The van der Waals surface area contributed by atoms with Crippen molar-refractivity contribution >= 4 is 0 Å². The van der Waals surface area contributed by atoms with Gasteiger partial charge in [-0.1, -0.05) is 0 Å². The fraction of sp³-hybridized carbons (Fsp3) is 0.538. The number of phenolic OH excluding ortho intramolecular Hbond substituents is 1. The summed E-state index contributed by atoms with van der Waals surface area (Å²) in [6.07, 6.45) is 3.30. The van der Waals surface area contributed by atoms with Crippen molar-refractivity contribution in [3.05, 3.63) is 23.3 Å².